The van der Waals surface area contributed by atoms with E-state index in [0.717, 1.165) is 17.5 Å². The summed E-state index contributed by atoms with van der Waals surface area (Å²) in [5, 5.41) is 2.92. The van der Waals surface area contributed by atoms with Crippen molar-refractivity contribution >= 4 is 23.4 Å². The molecule has 37 heavy (non-hydrogen) atoms. The van der Waals surface area contributed by atoms with Crippen LogP contribution in [0.2, 0.25) is 0 Å². The number of ether oxygens (including phenoxy) is 2. The number of carbonyl (C=O) groups is 3. The quantitative estimate of drug-likeness (QED) is 0.535. The van der Waals surface area contributed by atoms with Gasteiger partial charge in [0.25, 0.3) is 11.8 Å². The van der Waals surface area contributed by atoms with Gasteiger partial charge in [-0.05, 0) is 54.8 Å². The zero-order chi connectivity index (χ0) is 25.9. The van der Waals surface area contributed by atoms with Crippen LogP contribution in [0.1, 0.15) is 44.7 Å². The first-order valence-corrected chi connectivity index (χ1v) is 12.3. The van der Waals surface area contributed by atoms with Crippen LogP contribution in [-0.4, -0.2) is 49.4 Å². The van der Waals surface area contributed by atoms with Crippen molar-refractivity contribution in [3.63, 3.8) is 0 Å². The molecule has 0 spiro atoms. The van der Waals surface area contributed by atoms with E-state index < -0.39 is 6.04 Å². The highest BCUT2D eigenvalue weighted by Gasteiger charge is 2.41. The molecule has 3 aromatic carbocycles. The Hall–Kier alpha value is -4.33. The van der Waals surface area contributed by atoms with Crippen molar-refractivity contribution in [1.29, 1.82) is 0 Å². The molecule has 1 saturated heterocycles. The van der Waals surface area contributed by atoms with Gasteiger partial charge < -0.3 is 24.6 Å². The number of carbonyl (C=O) groups excluding carboxylic acids is 3. The third kappa shape index (κ3) is 4.74. The molecule has 0 bridgehead atoms. The second-order valence-corrected chi connectivity index (χ2v) is 9.16. The normalized spacial score (nSPS) is 16.6. The average molecular weight is 500 g/mol. The molecule has 0 radical (unpaired) electrons. The highest BCUT2D eigenvalue weighted by Crippen LogP contribution is 2.33. The molecular formula is C29H29N3O5. The van der Waals surface area contributed by atoms with E-state index in [2.05, 4.69) is 5.32 Å². The molecule has 0 saturated carbocycles. The Morgan fingerprint density at radius 1 is 1.00 bits per heavy atom. The van der Waals surface area contributed by atoms with Crippen LogP contribution in [0.5, 0.6) is 11.5 Å². The van der Waals surface area contributed by atoms with E-state index in [9.17, 15) is 14.4 Å². The van der Waals surface area contributed by atoms with Crippen molar-refractivity contribution in [1.82, 2.24) is 10.2 Å². The van der Waals surface area contributed by atoms with Gasteiger partial charge in [-0.2, -0.15) is 0 Å². The van der Waals surface area contributed by atoms with Crippen LogP contribution in [0.4, 0.5) is 5.69 Å². The number of nitrogens with zero attached hydrogens (tertiary/aromatic N) is 2. The topological polar surface area (TPSA) is 88.2 Å². The molecule has 8 nitrogen and oxygen atoms in total. The van der Waals surface area contributed by atoms with Crippen molar-refractivity contribution in [2.24, 2.45) is 0 Å². The van der Waals surface area contributed by atoms with Gasteiger partial charge in [0.1, 0.15) is 17.5 Å². The van der Waals surface area contributed by atoms with Crippen LogP contribution in [-0.2, 0) is 17.9 Å². The molecule has 190 valence electrons. The van der Waals surface area contributed by atoms with Crippen LogP contribution < -0.4 is 19.7 Å². The molecule has 1 N–H and O–H groups in total. The van der Waals surface area contributed by atoms with E-state index in [0.29, 0.717) is 54.4 Å². The number of anilines is 1. The Morgan fingerprint density at radius 3 is 2.54 bits per heavy atom. The van der Waals surface area contributed by atoms with Crippen molar-refractivity contribution < 1.29 is 23.9 Å². The second kappa shape index (κ2) is 10.3. The summed E-state index contributed by atoms with van der Waals surface area (Å²) in [7, 11) is 3.16. The zero-order valence-corrected chi connectivity index (χ0v) is 20.9. The summed E-state index contributed by atoms with van der Waals surface area (Å²) < 4.78 is 10.6. The van der Waals surface area contributed by atoms with E-state index in [-0.39, 0.29) is 17.7 Å². The highest BCUT2D eigenvalue weighted by molar-refractivity contribution is 6.11. The van der Waals surface area contributed by atoms with Crippen molar-refractivity contribution in [3.8, 4) is 11.5 Å². The molecule has 0 aromatic heterocycles. The molecule has 1 fully saturated rings. The number of rotatable bonds is 7. The molecule has 2 aliphatic heterocycles. The van der Waals surface area contributed by atoms with Crippen molar-refractivity contribution in [2.45, 2.75) is 32.0 Å². The Morgan fingerprint density at radius 2 is 1.78 bits per heavy atom. The van der Waals surface area contributed by atoms with Gasteiger partial charge in [-0.25, -0.2) is 0 Å². The first kappa shape index (κ1) is 24.4. The predicted octanol–water partition coefficient (Wildman–Crippen LogP) is 3.79. The molecule has 2 heterocycles. The molecule has 3 aromatic rings. The summed E-state index contributed by atoms with van der Waals surface area (Å²) in [4.78, 5) is 42.8. The number of hydrogen-bond acceptors (Lipinski definition) is 5. The van der Waals surface area contributed by atoms with Crippen molar-refractivity contribution in [2.75, 3.05) is 25.7 Å². The zero-order valence-electron chi connectivity index (χ0n) is 20.9. The van der Waals surface area contributed by atoms with Crippen LogP contribution in [0.15, 0.2) is 66.7 Å². The maximum atomic E-state index is 13.5. The minimum Gasteiger partial charge on any atom is -0.497 e. The lowest BCUT2D eigenvalue weighted by atomic mass is 10.1. The smallest absolute Gasteiger partial charge is 0.256 e. The van der Waals surface area contributed by atoms with E-state index in [1.807, 2.05) is 42.5 Å². The monoisotopic (exact) mass is 499 g/mol. The van der Waals surface area contributed by atoms with E-state index in [1.165, 1.54) is 0 Å². The summed E-state index contributed by atoms with van der Waals surface area (Å²) >= 11 is 0. The maximum absolute atomic E-state index is 13.5. The highest BCUT2D eigenvalue weighted by atomic mass is 16.5. The van der Waals surface area contributed by atoms with Crippen LogP contribution in [0.3, 0.4) is 0 Å². The Labute approximate surface area is 215 Å². The number of amides is 3. The van der Waals surface area contributed by atoms with E-state index in [1.54, 1.807) is 48.3 Å². The van der Waals surface area contributed by atoms with Crippen LogP contribution >= 0.6 is 0 Å². The fraction of sp³-hybridized carbons (Fsp3) is 0.276. The largest absolute Gasteiger partial charge is 0.497 e. The SMILES string of the molecule is COc1ccc(CNC(=O)c2ccc(CN3C(=O)[C@@H]4CCCN4C(=O)c4ccccc43)cc2)c(OC)c1. The Bertz CT molecular complexity index is 1340. The molecule has 3 amide bonds. The van der Waals surface area contributed by atoms with Gasteiger partial charge in [-0.3, -0.25) is 14.4 Å². The van der Waals surface area contributed by atoms with Gasteiger partial charge in [0.15, 0.2) is 0 Å². The summed E-state index contributed by atoms with van der Waals surface area (Å²) in [5.41, 5.74) is 3.39. The lowest BCUT2D eigenvalue weighted by Crippen LogP contribution is -2.44. The molecule has 8 heteroatoms. The number of fused-ring (bicyclic) bond motifs is 2. The van der Waals surface area contributed by atoms with Gasteiger partial charge >= 0.3 is 0 Å². The van der Waals surface area contributed by atoms with Crippen molar-refractivity contribution in [3.05, 3.63) is 89.0 Å². The number of nitrogens with one attached hydrogen (secondary N) is 1. The summed E-state index contributed by atoms with van der Waals surface area (Å²) in [6.45, 7) is 1.22. The number of methoxy groups -OCH3 is 2. The van der Waals surface area contributed by atoms with E-state index in [4.69, 9.17) is 9.47 Å². The first-order chi connectivity index (χ1) is 18.0. The third-order valence-corrected chi connectivity index (χ3v) is 6.98. The minimum absolute atomic E-state index is 0.0638. The lowest BCUT2D eigenvalue weighted by molar-refractivity contribution is -0.122. The third-order valence-electron chi connectivity index (χ3n) is 6.98. The second-order valence-electron chi connectivity index (χ2n) is 9.16. The summed E-state index contributed by atoms with van der Waals surface area (Å²) in [5.74, 6) is 0.947. The lowest BCUT2D eigenvalue weighted by Gasteiger charge is -2.26. The Kier molecular flexibility index (Phi) is 6.81. The van der Waals surface area contributed by atoms with Gasteiger partial charge in [-0.1, -0.05) is 24.3 Å². The predicted molar refractivity (Wildman–Crippen MR) is 139 cm³/mol. The maximum Gasteiger partial charge on any atom is 0.256 e. The first-order valence-electron chi connectivity index (χ1n) is 12.3. The number of hydrogen-bond donors (Lipinski definition) is 1. The van der Waals surface area contributed by atoms with Gasteiger partial charge in [0.05, 0.1) is 32.0 Å². The minimum atomic E-state index is -0.431. The molecule has 0 unspecified atom stereocenters. The summed E-state index contributed by atoms with van der Waals surface area (Å²) in [6.07, 6.45) is 1.50. The Balaban J connectivity index is 1.30. The standard InChI is InChI=1S/C29H29N3O5/c1-36-22-14-13-21(26(16-22)37-2)17-30-27(33)20-11-9-19(10-12-20)18-32-24-7-4-3-6-23(24)28(34)31-15-5-8-25(31)29(32)35/h3-4,6-7,9-14,16,25H,5,8,15,17-18H2,1-2H3,(H,30,33)/t25-/m0/s1. The number of para-hydroxylation sites is 1. The molecular weight excluding hydrogens is 470 g/mol. The molecule has 2 aliphatic rings. The fourth-order valence-electron chi connectivity index (χ4n) is 4.99. The van der Waals surface area contributed by atoms with Crippen LogP contribution in [0.25, 0.3) is 0 Å². The number of benzene rings is 3. The molecule has 1 atom stereocenters. The fourth-order valence-corrected chi connectivity index (χ4v) is 4.99. The molecule has 5 rings (SSSR count). The van der Waals surface area contributed by atoms with Gasteiger partial charge in [-0.15, -0.1) is 0 Å². The van der Waals surface area contributed by atoms with Gasteiger partial charge in [0.2, 0.25) is 5.91 Å². The van der Waals surface area contributed by atoms with E-state index >= 15 is 0 Å². The molecule has 0 aliphatic carbocycles. The average Bonchev–Trinajstić information content (AvgIpc) is 3.41. The van der Waals surface area contributed by atoms with Crippen LogP contribution in [0, 0.1) is 0 Å². The summed E-state index contributed by atoms with van der Waals surface area (Å²) in [6, 6.07) is 19.5. The van der Waals surface area contributed by atoms with Gasteiger partial charge in [0, 0.05) is 30.3 Å².